The van der Waals surface area contributed by atoms with E-state index < -0.39 is 5.60 Å². The van der Waals surface area contributed by atoms with Crippen LogP contribution in [-0.2, 0) is 12.1 Å². The van der Waals surface area contributed by atoms with Crippen LogP contribution in [0.2, 0.25) is 0 Å². The minimum absolute atomic E-state index is 0.213. The number of hydrogen-bond acceptors (Lipinski definition) is 2. The molecule has 1 rings (SSSR count). The van der Waals surface area contributed by atoms with E-state index in [1.807, 2.05) is 31.2 Å². The molecule has 0 bridgehead atoms. The van der Waals surface area contributed by atoms with Crippen LogP contribution in [0.1, 0.15) is 31.9 Å². The van der Waals surface area contributed by atoms with Gasteiger partial charge < -0.3 is 15.7 Å². The molecule has 0 radical (unpaired) electrons. The van der Waals surface area contributed by atoms with Gasteiger partial charge in [-0.3, -0.25) is 0 Å². The summed E-state index contributed by atoms with van der Waals surface area (Å²) in [6.07, 6.45) is 0. The minimum Gasteiger partial charge on any atom is -0.386 e. The van der Waals surface area contributed by atoms with Crippen LogP contribution in [0.4, 0.5) is 4.79 Å². The topological polar surface area (TPSA) is 61.4 Å². The second kappa shape index (κ2) is 6.38. The zero-order valence-corrected chi connectivity index (χ0v) is 11.8. The van der Waals surface area contributed by atoms with Gasteiger partial charge in [0.05, 0.1) is 5.60 Å². The van der Waals surface area contributed by atoms with Crippen LogP contribution in [0.5, 0.6) is 0 Å². The standard InChI is InChI=1S/C15H22N2O2/c1-11(2)9-16-14(18)17-10-12-5-7-13(8-6-12)15(3,4)19/h5-8,19H,1,9-10H2,2-4H3,(H2,16,17,18). The van der Waals surface area contributed by atoms with Crippen LogP contribution in [0.15, 0.2) is 36.4 Å². The van der Waals surface area contributed by atoms with Crippen molar-refractivity contribution >= 4 is 6.03 Å². The predicted molar refractivity (Wildman–Crippen MR) is 76.7 cm³/mol. The van der Waals surface area contributed by atoms with Gasteiger partial charge in [-0.25, -0.2) is 4.79 Å². The maximum Gasteiger partial charge on any atom is 0.315 e. The predicted octanol–water partition coefficient (Wildman–Crippen LogP) is 2.29. The van der Waals surface area contributed by atoms with E-state index >= 15 is 0 Å². The summed E-state index contributed by atoms with van der Waals surface area (Å²) in [4.78, 5) is 11.4. The summed E-state index contributed by atoms with van der Waals surface area (Å²) in [7, 11) is 0. The molecule has 0 aliphatic carbocycles. The first-order valence-corrected chi connectivity index (χ1v) is 6.27. The lowest BCUT2D eigenvalue weighted by Crippen LogP contribution is -2.35. The molecular weight excluding hydrogens is 240 g/mol. The fourth-order valence-electron chi connectivity index (χ4n) is 1.51. The molecule has 104 valence electrons. The van der Waals surface area contributed by atoms with Crippen molar-refractivity contribution in [2.24, 2.45) is 0 Å². The Bertz CT molecular complexity index is 444. The molecule has 0 fully saturated rings. The van der Waals surface area contributed by atoms with Crippen molar-refractivity contribution < 1.29 is 9.90 Å². The number of nitrogens with one attached hydrogen (secondary N) is 2. The van der Waals surface area contributed by atoms with E-state index in [1.54, 1.807) is 13.8 Å². The second-order valence-electron chi connectivity index (χ2n) is 5.25. The third-order valence-corrected chi connectivity index (χ3v) is 2.66. The van der Waals surface area contributed by atoms with E-state index in [9.17, 15) is 9.90 Å². The van der Waals surface area contributed by atoms with Crippen molar-refractivity contribution in [2.75, 3.05) is 6.54 Å². The molecule has 3 N–H and O–H groups in total. The van der Waals surface area contributed by atoms with E-state index in [2.05, 4.69) is 17.2 Å². The van der Waals surface area contributed by atoms with Crippen LogP contribution < -0.4 is 10.6 Å². The number of carbonyl (C=O) groups excluding carboxylic acids is 1. The molecule has 0 saturated heterocycles. The van der Waals surface area contributed by atoms with Gasteiger partial charge in [-0.1, -0.05) is 36.4 Å². The van der Waals surface area contributed by atoms with Crippen LogP contribution in [-0.4, -0.2) is 17.7 Å². The Morgan fingerprint density at radius 3 is 2.32 bits per heavy atom. The molecule has 4 heteroatoms. The Kier molecular flexibility index (Phi) is 5.12. The Balaban J connectivity index is 2.46. The van der Waals surface area contributed by atoms with Crippen molar-refractivity contribution in [3.8, 4) is 0 Å². The molecule has 4 nitrogen and oxygen atoms in total. The van der Waals surface area contributed by atoms with Gasteiger partial charge in [0, 0.05) is 13.1 Å². The smallest absolute Gasteiger partial charge is 0.315 e. The molecule has 0 saturated carbocycles. The molecule has 0 heterocycles. The summed E-state index contributed by atoms with van der Waals surface area (Å²) in [6.45, 7) is 9.98. The van der Waals surface area contributed by atoms with Gasteiger partial charge in [-0.2, -0.15) is 0 Å². The van der Waals surface area contributed by atoms with Gasteiger partial charge in [0.15, 0.2) is 0 Å². The molecule has 0 spiro atoms. The Hall–Kier alpha value is -1.81. The Labute approximate surface area is 114 Å². The molecule has 0 aromatic heterocycles. The van der Waals surface area contributed by atoms with Crippen molar-refractivity contribution in [1.29, 1.82) is 0 Å². The lowest BCUT2D eigenvalue weighted by atomic mass is 9.97. The van der Waals surface area contributed by atoms with Crippen LogP contribution in [0.3, 0.4) is 0 Å². The third-order valence-electron chi connectivity index (χ3n) is 2.66. The number of carbonyl (C=O) groups is 1. The highest BCUT2D eigenvalue weighted by atomic mass is 16.3. The number of urea groups is 1. The number of benzene rings is 1. The van der Waals surface area contributed by atoms with Crippen molar-refractivity contribution in [3.63, 3.8) is 0 Å². The summed E-state index contributed by atoms with van der Waals surface area (Å²) >= 11 is 0. The summed E-state index contributed by atoms with van der Waals surface area (Å²) in [5, 5.41) is 15.3. The quantitative estimate of drug-likeness (QED) is 0.713. The third kappa shape index (κ3) is 5.57. The average Bonchev–Trinajstić information content (AvgIpc) is 2.33. The highest BCUT2D eigenvalue weighted by Gasteiger charge is 2.14. The molecular formula is C15H22N2O2. The molecule has 0 aliphatic rings. The maximum absolute atomic E-state index is 11.4. The highest BCUT2D eigenvalue weighted by molar-refractivity contribution is 5.74. The molecule has 19 heavy (non-hydrogen) atoms. The molecule has 2 amide bonds. The number of aliphatic hydroxyl groups is 1. The van der Waals surface area contributed by atoms with Crippen molar-refractivity contribution in [3.05, 3.63) is 47.5 Å². The van der Waals surface area contributed by atoms with Gasteiger partial charge >= 0.3 is 6.03 Å². The Morgan fingerprint density at radius 1 is 1.26 bits per heavy atom. The first-order valence-electron chi connectivity index (χ1n) is 6.27. The molecule has 0 aliphatic heterocycles. The number of hydrogen-bond donors (Lipinski definition) is 3. The number of rotatable bonds is 5. The van der Waals surface area contributed by atoms with Gasteiger partial charge in [0.25, 0.3) is 0 Å². The minimum atomic E-state index is -0.842. The zero-order valence-electron chi connectivity index (χ0n) is 11.8. The van der Waals surface area contributed by atoms with Gasteiger partial charge in [-0.15, -0.1) is 0 Å². The van der Waals surface area contributed by atoms with Crippen molar-refractivity contribution in [2.45, 2.75) is 32.9 Å². The SMILES string of the molecule is C=C(C)CNC(=O)NCc1ccc(C(C)(C)O)cc1. The molecule has 0 atom stereocenters. The van der Waals surface area contributed by atoms with Crippen LogP contribution in [0, 0.1) is 0 Å². The largest absolute Gasteiger partial charge is 0.386 e. The number of amides is 2. The van der Waals surface area contributed by atoms with E-state index in [0.29, 0.717) is 13.1 Å². The second-order valence-corrected chi connectivity index (χ2v) is 5.25. The van der Waals surface area contributed by atoms with E-state index in [4.69, 9.17) is 0 Å². The normalized spacial score (nSPS) is 10.9. The molecule has 0 unspecified atom stereocenters. The molecule has 1 aromatic rings. The monoisotopic (exact) mass is 262 g/mol. The summed E-state index contributed by atoms with van der Waals surface area (Å²) in [6, 6.07) is 7.30. The fourth-order valence-corrected chi connectivity index (χ4v) is 1.51. The zero-order chi connectivity index (χ0) is 14.5. The first kappa shape index (κ1) is 15.2. The Morgan fingerprint density at radius 2 is 1.84 bits per heavy atom. The summed E-state index contributed by atoms with van der Waals surface area (Å²) in [5.41, 5.74) is 1.90. The lowest BCUT2D eigenvalue weighted by molar-refractivity contribution is 0.0786. The van der Waals surface area contributed by atoms with E-state index in [-0.39, 0.29) is 6.03 Å². The average molecular weight is 262 g/mol. The van der Waals surface area contributed by atoms with Crippen LogP contribution in [0.25, 0.3) is 0 Å². The fraction of sp³-hybridized carbons (Fsp3) is 0.400. The maximum atomic E-state index is 11.4. The lowest BCUT2D eigenvalue weighted by Gasteiger charge is -2.18. The summed E-state index contributed by atoms with van der Waals surface area (Å²) in [5.74, 6) is 0. The van der Waals surface area contributed by atoms with E-state index in [0.717, 1.165) is 16.7 Å². The van der Waals surface area contributed by atoms with E-state index in [1.165, 1.54) is 0 Å². The van der Waals surface area contributed by atoms with Crippen molar-refractivity contribution in [1.82, 2.24) is 10.6 Å². The van der Waals surface area contributed by atoms with Gasteiger partial charge in [-0.05, 0) is 31.9 Å². The van der Waals surface area contributed by atoms with Crippen LogP contribution >= 0.6 is 0 Å². The van der Waals surface area contributed by atoms with Gasteiger partial charge in [0.2, 0.25) is 0 Å². The van der Waals surface area contributed by atoms with Gasteiger partial charge in [0.1, 0.15) is 0 Å². The highest BCUT2D eigenvalue weighted by Crippen LogP contribution is 2.19. The first-order chi connectivity index (χ1) is 8.79. The summed E-state index contributed by atoms with van der Waals surface area (Å²) < 4.78 is 0. The molecule has 1 aromatic carbocycles.